The maximum atomic E-state index is 5.57. The van der Waals surface area contributed by atoms with Crippen molar-refractivity contribution in [2.45, 2.75) is 32.2 Å². The predicted octanol–water partition coefficient (Wildman–Crippen LogP) is 2.81. The van der Waals surface area contributed by atoms with E-state index in [1.54, 1.807) is 0 Å². The smallest absolute Gasteiger partial charge is 0.163 e. The van der Waals surface area contributed by atoms with Crippen LogP contribution in [0.3, 0.4) is 0 Å². The number of benzene rings is 1. The molecule has 0 radical (unpaired) electrons. The van der Waals surface area contributed by atoms with Crippen LogP contribution in [0.15, 0.2) is 36.4 Å². The van der Waals surface area contributed by atoms with Crippen molar-refractivity contribution in [3.05, 3.63) is 36.4 Å². The van der Waals surface area contributed by atoms with Gasteiger partial charge in [0.2, 0.25) is 0 Å². The minimum absolute atomic E-state index is 0.119. The average molecular weight is 283 g/mol. The van der Waals surface area contributed by atoms with Gasteiger partial charge in [-0.3, -0.25) is 0 Å². The predicted molar refractivity (Wildman–Crippen MR) is 85.9 cm³/mol. The van der Waals surface area contributed by atoms with Crippen molar-refractivity contribution in [2.24, 2.45) is 5.84 Å². The Morgan fingerprint density at radius 3 is 2.57 bits per heavy atom. The van der Waals surface area contributed by atoms with Gasteiger partial charge in [0, 0.05) is 23.7 Å². The van der Waals surface area contributed by atoms with Crippen LogP contribution in [0.25, 0.3) is 11.4 Å². The van der Waals surface area contributed by atoms with Gasteiger partial charge in [-0.2, -0.15) is 0 Å². The number of nitrogen functional groups attached to an aromatic ring is 1. The molecule has 0 saturated carbocycles. The highest BCUT2D eigenvalue weighted by molar-refractivity contribution is 5.62. The van der Waals surface area contributed by atoms with Gasteiger partial charge in [-0.15, -0.1) is 0 Å². The molecule has 0 spiro atoms. The maximum Gasteiger partial charge on any atom is 0.163 e. The first kappa shape index (κ1) is 13.8. The monoisotopic (exact) mass is 283 g/mol. The molecule has 0 amide bonds. The second kappa shape index (κ2) is 5.33. The number of nitrogens with zero attached hydrogens (tertiary/aromatic N) is 3. The second-order valence-electron chi connectivity index (χ2n) is 6.01. The molecule has 110 valence electrons. The lowest BCUT2D eigenvalue weighted by Crippen LogP contribution is -2.38. The Hall–Kier alpha value is -2.14. The van der Waals surface area contributed by atoms with Gasteiger partial charge >= 0.3 is 0 Å². The summed E-state index contributed by atoms with van der Waals surface area (Å²) in [6.07, 6.45) is 2.35. The van der Waals surface area contributed by atoms with Crippen LogP contribution in [0.5, 0.6) is 0 Å². The van der Waals surface area contributed by atoms with E-state index in [0.29, 0.717) is 11.6 Å². The maximum absolute atomic E-state index is 5.57. The van der Waals surface area contributed by atoms with E-state index in [1.807, 2.05) is 36.4 Å². The Bertz CT molecular complexity index is 624. The zero-order valence-electron chi connectivity index (χ0n) is 12.5. The van der Waals surface area contributed by atoms with E-state index < -0.39 is 0 Å². The molecule has 0 unspecified atom stereocenters. The third-order valence-corrected chi connectivity index (χ3v) is 4.07. The van der Waals surface area contributed by atoms with Gasteiger partial charge in [-0.1, -0.05) is 30.3 Å². The molecule has 0 atom stereocenters. The summed E-state index contributed by atoms with van der Waals surface area (Å²) in [5, 5.41) is 0. The van der Waals surface area contributed by atoms with Crippen molar-refractivity contribution in [3.8, 4) is 11.4 Å². The second-order valence-corrected chi connectivity index (χ2v) is 6.01. The third-order valence-electron chi connectivity index (χ3n) is 4.07. The summed E-state index contributed by atoms with van der Waals surface area (Å²) in [5.74, 6) is 7.84. The van der Waals surface area contributed by atoms with Crippen LogP contribution in [0.2, 0.25) is 0 Å². The third kappa shape index (κ3) is 2.69. The summed E-state index contributed by atoms with van der Waals surface area (Å²) in [6.45, 7) is 5.52. The van der Waals surface area contributed by atoms with Crippen LogP contribution in [0, 0.1) is 0 Å². The molecular formula is C16H21N5. The summed E-state index contributed by atoms with van der Waals surface area (Å²) in [5.41, 5.74) is 3.76. The highest BCUT2D eigenvalue weighted by Gasteiger charge is 2.33. The van der Waals surface area contributed by atoms with Gasteiger partial charge in [0.05, 0.1) is 0 Å². The molecule has 0 bridgehead atoms. The minimum atomic E-state index is 0.119. The molecule has 0 aliphatic carbocycles. The molecule has 21 heavy (non-hydrogen) atoms. The molecule has 1 aliphatic rings. The minimum Gasteiger partial charge on any atom is -0.351 e. The lowest BCUT2D eigenvalue weighted by molar-refractivity contribution is 0.514. The van der Waals surface area contributed by atoms with Crippen LogP contribution in [0.4, 0.5) is 11.6 Å². The number of aromatic nitrogens is 2. The number of hydrazine groups is 1. The van der Waals surface area contributed by atoms with Gasteiger partial charge in [0.25, 0.3) is 0 Å². The fourth-order valence-electron chi connectivity index (χ4n) is 2.90. The Balaban J connectivity index is 2.06. The first-order valence-electron chi connectivity index (χ1n) is 7.29. The highest BCUT2D eigenvalue weighted by Crippen LogP contribution is 2.34. The Morgan fingerprint density at radius 1 is 1.19 bits per heavy atom. The zero-order chi connectivity index (χ0) is 14.9. The summed E-state index contributed by atoms with van der Waals surface area (Å²) in [6, 6.07) is 11.9. The highest BCUT2D eigenvalue weighted by atomic mass is 15.3. The van der Waals surface area contributed by atoms with E-state index in [-0.39, 0.29) is 5.54 Å². The molecule has 1 aromatic carbocycles. The Kier molecular flexibility index (Phi) is 3.51. The van der Waals surface area contributed by atoms with Gasteiger partial charge in [-0.25, -0.2) is 15.8 Å². The average Bonchev–Trinajstić information content (AvgIpc) is 2.87. The first-order chi connectivity index (χ1) is 10.1. The van der Waals surface area contributed by atoms with Crippen molar-refractivity contribution in [1.29, 1.82) is 0 Å². The molecule has 2 heterocycles. The van der Waals surface area contributed by atoms with E-state index in [9.17, 15) is 0 Å². The molecule has 1 aliphatic heterocycles. The fraction of sp³-hybridized carbons (Fsp3) is 0.375. The molecule has 3 N–H and O–H groups in total. The molecule has 3 rings (SSSR count). The molecule has 1 saturated heterocycles. The number of hydrogen-bond acceptors (Lipinski definition) is 5. The SMILES string of the molecule is CC1(C)CCCN1c1cc(NN)nc(-c2ccccc2)n1. The number of anilines is 2. The summed E-state index contributed by atoms with van der Waals surface area (Å²) >= 11 is 0. The van der Waals surface area contributed by atoms with Crippen LogP contribution in [-0.4, -0.2) is 22.1 Å². The van der Waals surface area contributed by atoms with Gasteiger partial charge in [0.1, 0.15) is 11.6 Å². The van der Waals surface area contributed by atoms with Crippen LogP contribution < -0.4 is 16.2 Å². The van der Waals surface area contributed by atoms with Crippen molar-refractivity contribution < 1.29 is 0 Å². The quantitative estimate of drug-likeness (QED) is 0.669. The van der Waals surface area contributed by atoms with Crippen LogP contribution in [0.1, 0.15) is 26.7 Å². The number of hydrogen-bond donors (Lipinski definition) is 2. The largest absolute Gasteiger partial charge is 0.351 e. The molecule has 1 fully saturated rings. The fourth-order valence-corrected chi connectivity index (χ4v) is 2.90. The van der Waals surface area contributed by atoms with E-state index in [0.717, 1.165) is 17.9 Å². The van der Waals surface area contributed by atoms with Gasteiger partial charge in [0.15, 0.2) is 5.82 Å². The van der Waals surface area contributed by atoms with Gasteiger partial charge < -0.3 is 10.3 Å². The van der Waals surface area contributed by atoms with E-state index in [2.05, 4.69) is 29.2 Å². The zero-order valence-corrected chi connectivity index (χ0v) is 12.5. The number of rotatable bonds is 3. The Labute approximate surface area is 125 Å². The summed E-state index contributed by atoms with van der Waals surface area (Å²) in [4.78, 5) is 11.6. The summed E-state index contributed by atoms with van der Waals surface area (Å²) in [7, 11) is 0. The van der Waals surface area contributed by atoms with Crippen molar-refractivity contribution >= 4 is 11.6 Å². The van der Waals surface area contributed by atoms with E-state index in [4.69, 9.17) is 10.8 Å². The van der Waals surface area contributed by atoms with Crippen LogP contribution in [-0.2, 0) is 0 Å². The number of nitrogens with two attached hydrogens (primary N) is 1. The molecule has 5 nitrogen and oxygen atoms in total. The lowest BCUT2D eigenvalue weighted by Gasteiger charge is -2.33. The molecule has 1 aromatic heterocycles. The lowest BCUT2D eigenvalue weighted by atomic mass is 10.0. The van der Waals surface area contributed by atoms with Crippen molar-refractivity contribution in [2.75, 3.05) is 16.9 Å². The molecular weight excluding hydrogens is 262 g/mol. The Morgan fingerprint density at radius 2 is 1.95 bits per heavy atom. The molecule has 2 aromatic rings. The van der Waals surface area contributed by atoms with Gasteiger partial charge in [-0.05, 0) is 26.7 Å². The van der Waals surface area contributed by atoms with E-state index >= 15 is 0 Å². The van der Waals surface area contributed by atoms with Crippen LogP contribution >= 0.6 is 0 Å². The molecule has 5 heteroatoms. The van der Waals surface area contributed by atoms with E-state index in [1.165, 1.54) is 12.8 Å². The first-order valence-corrected chi connectivity index (χ1v) is 7.29. The standard InChI is InChI=1S/C16H21N5/c1-16(2)9-6-10-21(16)14-11-13(20-17)18-15(19-14)12-7-4-3-5-8-12/h3-5,7-8,11H,6,9-10,17H2,1-2H3,(H,18,19,20). The van der Waals surface area contributed by atoms with Crippen molar-refractivity contribution in [1.82, 2.24) is 9.97 Å². The summed E-state index contributed by atoms with van der Waals surface area (Å²) < 4.78 is 0. The van der Waals surface area contributed by atoms with Crippen molar-refractivity contribution in [3.63, 3.8) is 0 Å². The number of nitrogens with one attached hydrogen (secondary N) is 1. The normalized spacial score (nSPS) is 17.0. The topological polar surface area (TPSA) is 67.1 Å².